The summed E-state index contributed by atoms with van der Waals surface area (Å²) in [5.74, 6) is 3.92. The summed E-state index contributed by atoms with van der Waals surface area (Å²) in [6, 6.07) is 0. The molecule has 0 aromatic rings. The summed E-state index contributed by atoms with van der Waals surface area (Å²) in [5.41, 5.74) is 3.64. The quantitative estimate of drug-likeness (QED) is 0.421. The molecule has 9 atom stereocenters. The van der Waals surface area contributed by atoms with E-state index in [-0.39, 0.29) is 11.5 Å². The first-order valence-corrected chi connectivity index (χ1v) is 13.7. The Labute approximate surface area is 192 Å². The number of aliphatic hydroxyl groups is 1. The van der Waals surface area contributed by atoms with E-state index in [1.807, 2.05) is 5.57 Å². The molecule has 176 valence electrons. The molecule has 0 amide bonds. The Bertz CT molecular complexity index is 777. The van der Waals surface area contributed by atoms with Crippen molar-refractivity contribution in [3.05, 3.63) is 11.6 Å². The van der Waals surface area contributed by atoms with E-state index in [0.717, 1.165) is 30.1 Å². The molecule has 0 heterocycles. The van der Waals surface area contributed by atoms with Crippen molar-refractivity contribution in [3.8, 4) is 0 Å². The van der Waals surface area contributed by atoms with Crippen molar-refractivity contribution < 1.29 is 5.11 Å². The third-order valence-electron chi connectivity index (χ3n) is 13.1. The van der Waals surface area contributed by atoms with Crippen molar-refractivity contribution >= 4 is 0 Å². The van der Waals surface area contributed by atoms with E-state index in [2.05, 4.69) is 61.5 Å². The Kier molecular flexibility index (Phi) is 4.82. The van der Waals surface area contributed by atoms with Crippen molar-refractivity contribution in [2.24, 2.45) is 56.7 Å². The van der Waals surface area contributed by atoms with E-state index in [4.69, 9.17) is 0 Å². The molecule has 0 aromatic carbocycles. The Balaban J connectivity index is 1.59. The molecule has 0 spiro atoms. The molecule has 5 rings (SSSR count). The minimum absolute atomic E-state index is 0.0541. The zero-order valence-electron chi connectivity index (χ0n) is 21.9. The second-order valence-electron chi connectivity index (χ2n) is 14.7. The van der Waals surface area contributed by atoms with Crippen LogP contribution in [-0.4, -0.2) is 11.2 Å². The lowest BCUT2D eigenvalue weighted by Crippen LogP contribution is -2.64. The molecular formula is C30H50O. The Hall–Kier alpha value is -0.300. The molecule has 0 unspecified atom stereocenters. The molecule has 31 heavy (non-hydrogen) atoms. The lowest BCUT2D eigenvalue weighted by molar-refractivity contribution is -0.201. The first-order valence-electron chi connectivity index (χ1n) is 13.7. The van der Waals surface area contributed by atoms with Gasteiger partial charge in [-0.1, -0.05) is 67.0 Å². The molecule has 0 aliphatic heterocycles. The lowest BCUT2D eigenvalue weighted by Gasteiger charge is -2.70. The van der Waals surface area contributed by atoms with Crippen molar-refractivity contribution in [3.63, 3.8) is 0 Å². The van der Waals surface area contributed by atoms with Gasteiger partial charge in [-0.3, -0.25) is 0 Å². The average Bonchev–Trinajstić information content (AvgIpc) is 3.04. The second kappa shape index (κ2) is 6.64. The van der Waals surface area contributed by atoms with Gasteiger partial charge in [0, 0.05) is 0 Å². The van der Waals surface area contributed by atoms with Crippen molar-refractivity contribution in [1.82, 2.24) is 0 Å². The lowest BCUT2D eigenvalue weighted by atomic mass is 9.34. The second-order valence-corrected chi connectivity index (χ2v) is 14.7. The van der Waals surface area contributed by atoms with E-state index in [1.165, 1.54) is 51.4 Å². The number of allylic oxidation sites excluding steroid dienone is 2. The normalized spacial score (nSPS) is 55.7. The fourth-order valence-corrected chi connectivity index (χ4v) is 10.9. The molecule has 1 nitrogen and oxygen atoms in total. The molecule has 1 heteroatoms. The molecular weight excluding hydrogens is 376 g/mol. The summed E-state index contributed by atoms with van der Waals surface area (Å²) in [5, 5.41) is 10.9. The van der Waals surface area contributed by atoms with E-state index in [9.17, 15) is 5.11 Å². The SMILES string of the molecule is CC(C)[C@@H]1CC[C@]2(C)CC[C@]3(C)C(=CC[C@@H]4[C@@]5(C)CC[C@H](O)C(C)(C)[C@@H]5CC[C@]43C)[C@H]12. The highest BCUT2D eigenvalue weighted by molar-refractivity contribution is 5.34. The summed E-state index contributed by atoms with van der Waals surface area (Å²) in [7, 11) is 0. The number of hydrogen-bond donors (Lipinski definition) is 1. The van der Waals surface area contributed by atoms with Crippen LogP contribution in [0.4, 0.5) is 0 Å². The molecule has 5 aliphatic rings. The Morgan fingerprint density at radius 3 is 2.23 bits per heavy atom. The number of rotatable bonds is 1. The fourth-order valence-electron chi connectivity index (χ4n) is 10.9. The van der Waals surface area contributed by atoms with Gasteiger partial charge in [-0.2, -0.15) is 0 Å². The van der Waals surface area contributed by atoms with Crippen LogP contribution in [0.3, 0.4) is 0 Å². The van der Waals surface area contributed by atoms with Crippen LogP contribution in [0.2, 0.25) is 0 Å². The van der Waals surface area contributed by atoms with Crippen molar-refractivity contribution in [1.29, 1.82) is 0 Å². The fraction of sp³-hybridized carbons (Fsp3) is 0.933. The maximum atomic E-state index is 10.9. The number of aliphatic hydroxyl groups excluding tert-OH is 1. The maximum Gasteiger partial charge on any atom is 0.0594 e. The molecule has 0 radical (unpaired) electrons. The summed E-state index contributed by atoms with van der Waals surface area (Å²) in [6.45, 7) is 20.4. The Morgan fingerprint density at radius 1 is 0.839 bits per heavy atom. The van der Waals surface area contributed by atoms with Crippen LogP contribution in [0.5, 0.6) is 0 Å². The minimum Gasteiger partial charge on any atom is -0.393 e. The van der Waals surface area contributed by atoms with Crippen LogP contribution in [0.1, 0.15) is 113 Å². The first-order chi connectivity index (χ1) is 14.3. The van der Waals surface area contributed by atoms with Crippen LogP contribution in [0, 0.1) is 56.7 Å². The maximum absolute atomic E-state index is 10.9. The highest BCUT2D eigenvalue weighted by atomic mass is 16.3. The van der Waals surface area contributed by atoms with Gasteiger partial charge in [0.15, 0.2) is 0 Å². The van der Waals surface area contributed by atoms with Gasteiger partial charge in [-0.05, 0) is 114 Å². The van der Waals surface area contributed by atoms with Gasteiger partial charge in [0.05, 0.1) is 6.10 Å². The smallest absolute Gasteiger partial charge is 0.0594 e. The summed E-state index contributed by atoms with van der Waals surface area (Å²) in [4.78, 5) is 0. The van der Waals surface area contributed by atoms with Gasteiger partial charge in [0.1, 0.15) is 0 Å². The van der Waals surface area contributed by atoms with Gasteiger partial charge in [-0.25, -0.2) is 0 Å². The standard InChI is InChI=1S/C30H50O/c1-19(2)20-11-14-27(5)17-18-29(7)21(25(20)27)9-10-23-28(6)15-13-24(31)26(3,4)22(28)12-16-30(23,29)8/h9,19-20,22-25,31H,10-18H2,1-8H3/t20-,22-,23+,24-,25-,27+,28-,29+,30+/m0/s1. The summed E-state index contributed by atoms with van der Waals surface area (Å²) < 4.78 is 0. The van der Waals surface area contributed by atoms with Gasteiger partial charge < -0.3 is 5.11 Å². The third kappa shape index (κ3) is 2.65. The minimum atomic E-state index is -0.124. The monoisotopic (exact) mass is 426 g/mol. The number of hydrogen-bond acceptors (Lipinski definition) is 1. The van der Waals surface area contributed by atoms with Crippen LogP contribution < -0.4 is 0 Å². The third-order valence-corrected chi connectivity index (χ3v) is 13.1. The van der Waals surface area contributed by atoms with Crippen LogP contribution >= 0.6 is 0 Å². The average molecular weight is 427 g/mol. The molecule has 5 aliphatic carbocycles. The van der Waals surface area contributed by atoms with Crippen molar-refractivity contribution in [2.45, 2.75) is 119 Å². The van der Waals surface area contributed by atoms with E-state index in [1.54, 1.807) is 0 Å². The zero-order chi connectivity index (χ0) is 22.6. The molecule has 0 bridgehead atoms. The van der Waals surface area contributed by atoms with Gasteiger partial charge in [-0.15, -0.1) is 0 Å². The van der Waals surface area contributed by atoms with Gasteiger partial charge in [0.25, 0.3) is 0 Å². The van der Waals surface area contributed by atoms with E-state index in [0.29, 0.717) is 27.6 Å². The van der Waals surface area contributed by atoms with Gasteiger partial charge >= 0.3 is 0 Å². The predicted octanol–water partition coefficient (Wildman–Crippen LogP) is 8.02. The molecule has 1 N–H and O–H groups in total. The molecule has 4 saturated carbocycles. The van der Waals surface area contributed by atoms with E-state index >= 15 is 0 Å². The van der Waals surface area contributed by atoms with Crippen LogP contribution in [0.25, 0.3) is 0 Å². The van der Waals surface area contributed by atoms with Crippen molar-refractivity contribution in [2.75, 3.05) is 0 Å². The Morgan fingerprint density at radius 2 is 1.55 bits per heavy atom. The zero-order valence-corrected chi connectivity index (χ0v) is 21.9. The highest BCUT2D eigenvalue weighted by Crippen LogP contribution is 2.76. The van der Waals surface area contributed by atoms with Crippen LogP contribution in [0.15, 0.2) is 11.6 Å². The summed E-state index contributed by atoms with van der Waals surface area (Å²) >= 11 is 0. The topological polar surface area (TPSA) is 20.2 Å². The van der Waals surface area contributed by atoms with E-state index < -0.39 is 0 Å². The largest absolute Gasteiger partial charge is 0.393 e. The van der Waals surface area contributed by atoms with Crippen LogP contribution in [-0.2, 0) is 0 Å². The molecule has 0 saturated heterocycles. The molecule has 4 fully saturated rings. The summed E-state index contributed by atoms with van der Waals surface area (Å²) in [6.07, 6.45) is 14.6. The first kappa shape index (κ1) is 22.5. The van der Waals surface area contributed by atoms with Gasteiger partial charge in [0.2, 0.25) is 0 Å². The highest BCUT2D eigenvalue weighted by Gasteiger charge is 2.68. The number of fused-ring (bicyclic) bond motifs is 7. The predicted molar refractivity (Wildman–Crippen MR) is 131 cm³/mol. The molecule has 0 aromatic heterocycles.